The first-order valence-corrected chi connectivity index (χ1v) is 8.15. The predicted molar refractivity (Wildman–Crippen MR) is 78.6 cm³/mol. The molecule has 19 heavy (non-hydrogen) atoms. The van der Waals surface area contributed by atoms with Crippen molar-refractivity contribution in [2.75, 3.05) is 13.1 Å². The average molecular weight is 278 g/mol. The minimum Gasteiger partial charge on any atom is -0.334 e. The summed E-state index contributed by atoms with van der Waals surface area (Å²) in [5, 5.41) is 5.53. The molecule has 0 spiro atoms. The molecule has 4 heteroatoms. The molecule has 1 amide bonds. The molecule has 1 aromatic heterocycles. The SMILES string of the molecule is CC1CNCC(C)N1C(=O)C1CCCc2sccc21. The largest absolute Gasteiger partial charge is 0.334 e. The van der Waals surface area contributed by atoms with Crippen LogP contribution < -0.4 is 5.32 Å². The summed E-state index contributed by atoms with van der Waals surface area (Å²) < 4.78 is 0. The van der Waals surface area contributed by atoms with Crippen LogP contribution in [-0.2, 0) is 11.2 Å². The summed E-state index contributed by atoms with van der Waals surface area (Å²) in [4.78, 5) is 16.5. The Morgan fingerprint density at radius 1 is 1.37 bits per heavy atom. The highest BCUT2D eigenvalue weighted by molar-refractivity contribution is 7.10. The fraction of sp³-hybridized carbons (Fsp3) is 0.667. The van der Waals surface area contributed by atoms with Crippen molar-refractivity contribution in [2.24, 2.45) is 0 Å². The van der Waals surface area contributed by atoms with E-state index in [1.807, 2.05) is 11.3 Å². The zero-order valence-corrected chi connectivity index (χ0v) is 12.5. The second-order valence-corrected chi connectivity index (χ2v) is 6.85. The Hall–Kier alpha value is -0.870. The molecule has 2 aliphatic rings. The van der Waals surface area contributed by atoms with Crippen molar-refractivity contribution in [1.29, 1.82) is 0 Å². The van der Waals surface area contributed by atoms with Crippen molar-refractivity contribution >= 4 is 17.2 Å². The lowest BCUT2D eigenvalue weighted by Gasteiger charge is -2.42. The second kappa shape index (κ2) is 5.25. The van der Waals surface area contributed by atoms with Gasteiger partial charge >= 0.3 is 0 Å². The summed E-state index contributed by atoms with van der Waals surface area (Å²) in [6.07, 6.45) is 3.33. The molecule has 0 aromatic carbocycles. The van der Waals surface area contributed by atoms with Gasteiger partial charge in [0, 0.05) is 30.1 Å². The van der Waals surface area contributed by atoms with Gasteiger partial charge in [-0.3, -0.25) is 4.79 Å². The second-order valence-electron chi connectivity index (χ2n) is 5.85. The summed E-state index contributed by atoms with van der Waals surface area (Å²) in [6, 6.07) is 2.78. The first kappa shape index (κ1) is 13.1. The van der Waals surface area contributed by atoms with E-state index in [4.69, 9.17) is 0 Å². The molecule has 3 atom stereocenters. The molecule has 0 radical (unpaired) electrons. The van der Waals surface area contributed by atoms with Crippen LogP contribution >= 0.6 is 11.3 Å². The molecule has 1 aliphatic heterocycles. The Balaban J connectivity index is 1.85. The lowest BCUT2D eigenvalue weighted by Crippen LogP contribution is -2.58. The molecule has 3 rings (SSSR count). The molecule has 1 N–H and O–H groups in total. The number of aryl methyl sites for hydroxylation is 1. The van der Waals surface area contributed by atoms with Gasteiger partial charge in [0.1, 0.15) is 0 Å². The van der Waals surface area contributed by atoms with E-state index in [2.05, 4.69) is 35.5 Å². The maximum absolute atomic E-state index is 12.9. The minimum atomic E-state index is 0.109. The van der Waals surface area contributed by atoms with E-state index < -0.39 is 0 Å². The van der Waals surface area contributed by atoms with Crippen LogP contribution in [0.2, 0.25) is 0 Å². The van der Waals surface area contributed by atoms with Crippen molar-refractivity contribution in [3.63, 3.8) is 0 Å². The van der Waals surface area contributed by atoms with Gasteiger partial charge in [-0.2, -0.15) is 0 Å². The molecule has 3 unspecified atom stereocenters. The number of thiophene rings is 1. The quantitative estimate of drug-likeness (QED) is 0.855. The number of nitrogens with zero attached hydrogens (tertiary/aromatic N) is 1. The number of rotatable bonds is 1. The van der Waals surface area contributed by atoms with Gasteiger partial charge in [-0.05, 0) is 50.1 Å². The molecule has 3 nitrogen and oxygen atoms in total. The van der Waals surface area contributed by atoms with E-state index >= 15 is 0 Å². The summed E-state index contributed by atoms with van der Waals surface area (Å²) in [6.45, 7) is 6.13. The van der Waals surface area contributed by atoms with Crippen LogP contribution in [0.4, 0.5) is 0 Å². The van der Waals surface area contributed by atoms with Gasteiger partial charge in [-0.1, -0.05) is 0 Å². The summed E-state index contributed by atoms with van der Waals surface area (Å²) >= 11 is 1.81. The summed E-state index contributed by atoms with van der Waals surface area (Å²) in [5.41, 5.74) is 1.30. The van der Waals surface area contributed by atoms with Crippen LogP contribution in [0.5, 0.6) is 0 Å². The molecule has 1 fully saturated rings. The summed E-state index contributed by atoms with van der Waals surface area (Å²) in [7, 11) is 0. The van der Waals surface area contributed by atoms with Crippen LogP contribution in [0.15, 0.2) is 11.4 Å². The smallest absolute Gasteiger partial charge is 0.230 e. The number of fused-ring (bicyclic) bond motifs is 1. The van der Waals surface area contributed by atoms with E-state index in [-0.39, 0.29) is 5.92 Å². The van der Waals surface area contributed by atoms with Crippen molar-refractivity contribution in [3.8, 4) is 0 Å². The normalized spacial score (nSPS) is 31.1. The van der Waals surface area contributed by atoms with E-state index in [9.17, 15) is 4.79 Å². The highest BCUT2D eigenvalue weighted by Gasteiger charge is 2.36. The Morgan fingerprint density at radius 2 is 2.11 bits per heavy atom. The maximum atomic E-state index is 12.9. The molecule has 1 saturated heterocycles. The highest BCUT2D eigenvalue weighted by atomic mass is 32.1. The number of carbonyl (C=O) groups is 1. The molecular formula is C15H22N2OS. The van der Waals surface area contributed by atoms with Crippen LogP contribution in [0.3, 0.4) is 0 Å². The number of nitrogens with one attached hydrogen (secondary N) is 1. The number of piperazine rings is 1. The molecular weight excluding hydrogens is 256 g/mol. The van der Waals surface area contributed by atoms with Crippen molar-refractivity contribution in [3.05, 3.63) is 21.9 Å². The van der Waals surface area contributed by atoms with Crippen LogP contribution in [0, 0.1) is 0 Å². The molecule has 2 heterocycles. The minimum absolute atomic E-state index is 0.109. The first-order valence-electron chi connectivity index (χ1n) is 7.27. The number of hydrogen-bond donors (Lipinski definition) is 1. The molecule has 1 aliphatic carbocycles. The molecule has 1 aromatic rings. The number of hydrogen-bond acceptors (Lipinski definition) is 3. The lowest BCUT2D eigenvalue weighted by molar-refractivity contribution is -0.138. The van der Waals surface area contributed by atoms with Gasteiger partial charge in [0.15, 0.2) is 0 Å². The zero-order chi connectivity index (χ0) is 13.4. The summed E-state index contributed by atoms with van der Waals surface area (Å²) in [5.74, 6) is 0.457. The van der Waals surface area contributed by atoms with E-state index in [1.54, 1.807) is 0 Å². The first-order chi connectivity index (χ1) is 9.18. The average Bonchev–Trinajstić information content (AvgIpc) is 2.86. The predicted octanol–water partition coefficient (Wildman–Crippen LogP) is 2.38. The number of amides is 1. The number of carbonyl (C=O) groups excluding carboxylic acids is 1. The van der Waals surface area contributed by atoms with Gasteiger partial charge in [0.05, 0.1) is 5.92 Å². The zero-order valence-electron chi connectivity index (χ0n) is 11.7. The van der Waals surface area contributed by atoms with Crippen molar-refractivity contribution in [2.45, 2.75) is 51.1 Å². The third kappa shape index (κ3) is 2.32. The molecule has 0 bridgehead atoms. The highest BCUT2D eigenvalue weighted by Crippen LogP contribution is 2.36. The van der Waals surface area contributed by atoms with Crippen molar-refractivity contribution < 1.29 is 4.79 Å². The van der Waals surface area contributed by atoms with E-state index in [1.165, 1.54) is 10.4 Å². The van der Waals surface area contributed by atoms with Crippen molar-refractivity contribution in [1.82, 2.24) is 10.2 Å². The fourth-order valence-corrected chi connectivity index (χ4v) is 4.48. The third-order valence-corrected chi connectivity index (χ3v) is 5.43. The molecule has 104 valence electrons. The van der Waals surface area contributed by atoms with Gasteiger partial charge in [0.25, 0.3) is 0 Å². The standard InChI is InChI=1S/C15H22N2OS/c1-10-8-16-9-11(2)17(10)15(18)13-4-3-5-14-12(13)6-7-19-14/h6-7,10-11,13,16H,3-5,8-9H2,1-2H3. The maximum Gasteiger partial charge on any atom is 0.230 e. The van der Waals surface area contributed by atoms with E-state index in [0.717, 1.165) is 32.4 Å². The fourth-order valence-electron chi connectivity index (χ4n) is 3.49. The van der Waals surface area contributed by atoms with Gasteiger partial charge in [-0.25, -0.2) is 0 Å². The van der Waals surface area contributed by atoms with Crippen LogP contribution in [0.1, 0.15) is 43.0 Å². The third-order valence-electron chi connectivity index (χ3n) is 4.43. The van der Waals surface area contributed by atoms with Gasteiger partial charge < -0.3 is 10.2 Å². The Labute approximate surface area is 119 Å². The monoisotopic (exact) mass is 278 g/mol. The van der Waals surface area contributed by atoms with E-state index in [0.29, 0.717) is 18.0 Å². The van der Waals surface area contributed by atoms with Gasteiger partial charge in [-0.15, -0.1) is 11.3 Å². The Morgan fingerprint density at radius 3 is 2.84 bits per heavy atom. The van der Waals surface area contributed by atoms with Crippen LogP contribution in [-0.4, -0.2) is 36.0 Å². The Bertz CT molecular complexity index is 460. The molecule has 0 saturated carbocycles. The topological polar surface area (TPSA) is 32.3 Å². The van der Waals surface area contributed by atoms with Crippen LogP contribution in [0.25, 0.3) is 0 Å². The lowest BCUT2D eigenvalue weighted by atomic mass is 9.86. The Kier molecular flexibility index (Phi) is 3.63. The van der Waals surface area contributed by atoms with Gasteiger partial charge in [0.2, 0.25) is 5.91 Å².